The van der Waals surface area contributed by atoms with Gasteiger partial charge in [0.05, 0.1) is 27.8 Å². The van der Waals surface area contributed by atoms with E-state index >= 15 is 0 Å². The Morgan fingerprint density at radius 3 is 1.61 bits per heavy atom. The molecule has 0 saturated carbocycles. The number of benzene rings is 8. The maximum Gasteiger partial charge on any atom is 0.152 e. The molecule has 3 nitrogen and oxygen atoms in total. The van der Waals surface area contributed by atoms with Gasteiger partial charge in [-0.3, -0.25) is 0 Å². The Morgan fingerprint density at radius 1 is 0.314 bits per heavy atom. The second kappa shape index (κ2) is 10.8. The van der Waals surface area contributed by atoms with Gasteiger partial charge in [0.25, 0.3) is 0 Å². The molecule has 0 bridgehead atoms. The van der Waals surface area contributed by atoms with E-state index in [9.17, 15) is 0 Å². The summed E-state index contributed by atoms with van der Waals surface area (Å²) in [6.07, 6.45) is 0. The van der Waals surface area contributed by atoms with Gasteiger partial charge in [-0.1, -0.05) is 115 Å². The third kappa shape index (κ3) is 4.25. The predicted octanol–water partition coefficient (Wildman–Crippen LogP) is 13.0. The van der Waals surface area contributed by atoms with Crippen molar-refractivity contribution in [3.05, 3.63) is 182 Å². The standard InChI is InChI=1S/C48H30N2O/c1-3-12-31(13-4-1)34-22-24-43-39(27-34)40-28-35(32-14-5-2-6-15-32)23-25-44(40)49(43)37-17-11-16-33(26-37)36-29-41-38-18-7-8-19-42(38)50-45-20-9-10-21-46(45)51-47(30-36)48(41)50/h1-30H. The van der Waals surface area contributed by atoms with Crippen molar-refractivity contribution in [2.24, 2.45) is 0 Å². The van der Waals surface area contributed by atoms with E-state index < -0.39 is 0 Å². The first-order valence-corrected chi connectivity index (χ1v) is 17.4. The van der Waals surface area contributed by atoms with Crippen LogP contribution in [0.2, 0.25) is 0 Å². The molecule has 8 aromatic carbocycles. The summed E-state index contributed by atoms with van der Waals surface area (Å²) in [5.74, 6) is 1.75. The van der Waals surface area contributed by atoms with Gasteiger partial charge in [0, 0.05) is 27.2 Å². The lowest BCUT2D eigenvalue weighted by molar-refractivity contribution is 0.476. The summed E-state index contributed by atoms with van der Waals surface area (Å²) in [6, 6.07) is 65.5. The molecule has 0 unspecified atom stereocenters. The van der Waals surface area contributed by atoms with Crippen molar-refractivity contribution in [1.29, 1.82) is 0 Å². The van der Waals surface area contributed by atoms with E-state index in [0.717, 1.165) is 39.5 Å². The molecule has 0 aliphatic carbocycles. The van der Waals surface area contributed by atoms with E-state index in [1.54, 1.807) is 0 Å². The van der Waals surface area contributed by atoms with Crippen LogP contribution in [0.4, 0.5) is 0 Å². The minimum Gasteiger partial charge on any atom is -0.453 e. The smallest absolute Gasteiger partial charge is 0.152 e. The number of ether oxygens (including phenoxy) is 1. The highest BCUT2D eigenvalue weighted by Crippen LogP contribution is 2.47. The molecule has 0 amide bonds. The molecule has 0 radical (unpaired) electrons. The quantitative estimate of drug-likeness (QED) is 0.185. The monoisotopic (exact) mass is 650 g/mol. The van der Waals surface area contributed by atoms with Crippen molar-refractivity contribution in [3.63, 3.8) is 0 Å². The van der Waals surface area contributed by atoms with Crippen LogP contribution in [-0.2, 0) is 0 Å². The summed E-state index contributed by atoms with van der Waals surface area (Å²) in [5.41, 5.74) is 14.0. The second-order valence-corrected chi connectivity index (χ2v) is 13.4. The summed E-state index contributed by atoms with van der Waals surface area (Å²) < 4.78 is 11.4. The average Bonchev–Trinajstić information content (AvgIpc) is 3.72. The average molecular weight is 651 g/mol. The van der Waals surface area contributed by atoms with E-state index in [-0.39, 0.29) is 0 Å². The molecule has 0 fully saturated rings. The van der Waals surface area contributed by atoms with Crippen LogP contribution in [0, 0.1) is 0 Å². The van der Waals surface area contributed by atoms with Crippen molar-refractivity contribution < 1.29 is 4.74 Å². The zero-order valence-electron chi connectivity index (χ0n) is 27.6. The van der Waals surface area contributed by atoms with Crippen molar-refractivity contribution in [2.75, 3.05) is 0 Å². The highest BCUT2D eigenvalue weighted by molar-refractivity contribution is 6.14. The largest absolute Gasteiger partial charge is 0.453 e. The molecule has 238 valence electrons. The van der Waals surface area contributed by atoms with Crippen LogP contribution in [0.3, 0.4) is 0 Å². The number of hydrogen-bond donors (Lipinski definition) is 0. The number of hydrogen-bond acceptors (Lipinski definition) is 1. The van der Waals surface area contributed by atoms with Crippen molar-refractivity contribution in [2.45, 2.75) is 0 Å². The lowest BCUT2D eigenvalue weighted by Gasteiger charge is -2.21. The fourth-order valence-electron chi connectivity index (χ4n) is 8.15. The minimum atomic E-state index is 0.869. The zero-order chi connectivity index (χ0) is 33.5. The first kappa shape index (κ1) is 28.0. The Balaban J connectivity index is 1.12. The molecule has 0 saturated heterocycles. The number of rotatable bonds is 4. The Bertz CT molecular complexity index is 2890. The number of fused-ring (bicyclic) bond motifs is 8. The number of aromatic nitrogens is 2. The van der Waals surface area contributed by atoms with Gasteiger partial charge in [0.15, 0.2) is 11.5 Å². The Kier molecular flexibility index (Phi) is 5.96. The molecule has 2 aromatic heterocycles. The van der Waals surface area contributed by atoms with Gasteiger partial charge in [0.1, 0.15) is 0 Å². The topological polar surface area (TPSA) is 19.1 Å². The summed E-state index contributed by atoms with van der Waals surface area (Å²) in [7, 11) is 0. The maximum absolute atomic E-state index is 6.63. The lowest BCUT2D eigenvalue weighted by atomic mass is 10.0. The van der Waals surface area contributed by atoms with Gasteiger partial charge in [-0.15, -0.1) is 0 Å². The summed E-state index contributed by atoms with van der Waals surface area (Å²) in [6.45, 7) is 0. The van der Waals surface area contributed by atoms with Crippen LogP contribution in [-0.4, -0.2) is 9.13 Å². The first-order chi connectivity index (χ1) is 25.3. The van der Waals surface area contributed by atoms with Gasteiger partial charge in [0.2, 0.25) is 0 Å². The molecule has 1 aliphatic rings. The molecule has 10 aromatic rings. The van der Waals surface area contributed by atoms with Crippen LogP contribution >= 0.6 is 0 Å². The molecule has 11 rings (SSSR count). The van der Waals surface area contributed by atoms with E-state index in [1.807, 2.05) is 6.07 Å². The van der Waals surface area contributed by atoms with Crippen molar-refractivity contribution in [3.8, 4) is 56.3 Å². The predicted molar refractivity (Wildman–Crippen MR) is 212 cm³/mol. The van der Waals surface area contributed by atoms with E-state index in [0.29, 0.717) is 0 Å². The summed E-state index contributed by atoms with van der Waals surface area (Å²) in [4.78, 5) is 0. The highest BCUT2D eigenvalue weighted by Gasteiger charge is 2.24. The van der Waals surface area contributed by atoms with Crippen molar-refractivity contribution in [1.82, 2.24) is 9.13 Å². The molecule has 51 heavy (non-hydrogen) atoms. The molecule has 3 heterocycles. The van der Waals surface area contributed by atoms with E-state index in [1.165, 1.54) is 60.3 Å². The third-order valence-electron chi connectivity index (χ3n) is 10.5. The Morgan fingerprint density at radius 2 is 0.882 bits per heavy atom. The normalized spacial score (nSPS) is 12.1. The second-order valence-electron chi connectivity index (χ2n) is 13.4. The van der Waals surface area contributed by atoms with Crippen LogP contribution in [0.25, 0.3) is 88.4 Å². The number of para-hydroxylation sites is 3. The Hall–Kier alpha value is -6.84. The SMILES string of the molecule is c1ccc(-c2ccc3c(c2)c2cc(-c4ccccc4)ccc2n3-c2cccc(-c3cc4c5c(c3)c3ccccc3n5-c3ccccc3O4)c2)cc1. The van der Waals surface area contributed by atoms with E-state index in [2.05, 4.69) is 185 Å². The molecule has 0 spiro atoms. The van der Waals surface area contributed by atoms with Gasteiger partial charge >= 0.3 is 0 Å². The van der Waals surface area contributed by atoms with Crippen molar-refractivity contribution >= 4 is 43.6 Å². The molecule has 1 aliphatic heterocycles. The van der Waals surface area contributed by atoms with E-state index in [4.69, 9.17) is 4.74 Å². The fourth-order valence-corrected chi connectivity index (χ4v) is 8.15. The Labute approximate surface area is 294 Å². The molecule has 0 atom stereocenters. The van der Waals surface area contributed by atoms with Gasteiger partial charge < -0.3 is 13.9 Å². The van der Waals surface area contributed by atoms with Gasteiger partial charge in [-0.05, 0) is 100 Å². The molecular weight excluding hydrogens is 621 g/mol. The summed E-state index contributed by atoms with van der Waals surface area (Å²) in [5, 5.41) is 4.88. The first-order valence-electron chi connectivity index (χ1n) is 17.4. The van der Waals surface area contributed by atoms with Crippen LogP contribution < -0.4 is 4.74 Å². The van der Waals surface area contributed by atoms with Gasteiger partial charge in [-0.2, -0.15) is 0 Å². The fraction of sp³-hybridized carbons (Fsp3) is 0. The van der Waals surface area contributed by atoms with Crippen LogP contribution in [0.5, 0.6) is 11.5 Å². The lowest BCUT2D eigenvalue weighted by Crippen LogP contribution is -2.04. The molecule has 0 N–H and O–H groups in total. The maximum atomic E-state index is 6.63. The molecular formula is C48H30N2O. The number of nitrogens with zero attached hydrogens (tertiary/aromatic N) is 2. The summed E-state index contributed by atoms with van der Waals surface area (Å²) >= 11 is 0. The molecule has 3 heteroatoms. The highest BCUT2D eigenvalue weighted by atomic mass is 16.5. The minimum absolute atomic E-state index is 0.869. The van der Waals surface area contributed by atoms with Crippen LogP contribution in [0.1, 0.15) is 0 Å². The van der Waals surface area contributed by atoms with Crippen LogP contribution in [0.15, 0.2) is 182 Å². The zero-order valence-corrected chi connectivity index (χ0v) is 27.6. The van der Waals surface area contributed by atoms with Gasteiger partial charge in [-0.25, -0.2) is 0 Å². The third-order valence-corrected chi connectivity index (χ3v) is 10.5.